The number of hydrogen-bond donors (Lipinski definition) is 0. The number of benzene rings is 2. The summed E-state index contributed by atoms with van der Waals surface area (Å²) in [5.74, 6) is -0.132. The predicted octanol–water partition coefficient (Wildman–Crippen LogP) is 6.17. The molecule has 0 fully saturated rings. The maximum absolute atomic E-state index is 12.3. The van der Waals surface area contributed by atoms with Crippen molar-refractivity contribution in [2.75, 3.05) is 0 Å². The highest BCUT2D eigenvalue weighted by molar-refractivity contribution is 5.27. The highest BCUT2D eigenvalue weighted by atomic mass is 19.4. The summed E-state index contributed by atoms with van der Waals surface area (Å²) in [6.45, 7) is 7.19. The molecule has 4 heteroatoms. The molecule has 0 spiro atoms. The smallest absolute Gasteiger partial charge is 0.207 e. The molecule has 0 saturated heterocycles. The van der Waals surface area contributed by atoms with Crippen molar-refractivity contribution < 1.29 is 17.6 Å². The van der Waals surface area contributed by atoms with E-state index in [1.54, 1.807) is 25.1 Å². The quantitative estimate of drug-likeness (QED) is 0.510. The summed E-state index contributed by atoms with van der Waals surface area (Å²) in [5, 5.41) is 0. The second-order valence-electron chi connectivity index (χ2n) is 4.06. The van der Waals surface area contributed by atoms with E-state index in [1.807, 2.05) is 19.9 Å². The van der Waals surface area contributed by atoms with E-state index in [0.717, 1.165) is 6.07 Å². The van der Waals surface area contributed by atoms with Crippen molar-refractivity contribution in [2.45, 2.75) is 33.9 Å². The van der Waals surface area contributed by atoms with Crippen LogP contribution in [-0.4, -0.2) is 0 Å². The Hall–Kier alpha value is -1.84. The average molecular weight is 300 g/mol. The van der Waals surface area contributed by atoms with Crippen LogP contribution in [-0.2, 0) is 6.18 Å². The van der Waals surface area contributed by atoms with Gasteiger partial charge in [0.1, 0.15) is 5.82 Å². The van der Waals surface area contributed by atoms with Crippen molar-refractivity contribution in [1.82, 2.24) is 0 Å². The minimum Gasteiger partial charge on any atom is -0.207 e. The normalized spacial score (nSPS) is 9.90. The van der Waals surface area contributed by atoms with Crippen LogP contribution in [0.15, 0.2) is 48.5 Å². The molecule has 2 aromatic rings. The molecule has 2 aromatic carbocycles. The Morgan fingerprint density at radius 1 is 0.714 bits per heavy atom. The van der Waals surface area contributed by atoms with Crippen LogP contribution in [0.3, 0.4) is 0 Å². The third kappa shape index (κ3) is 6.93. The van der Waals surface area contributed by atoms with E-state index in [2.05, 4.69) is 0 Å². The fraction of sp³-hybridized carbons (Fsp3) is 0.294. The Morgan fingerprint density at radius 3 is 1.43 bits per heavy atom. The topological polar surface area (TPSA) is 0 Å². The summed E-state index contributed by atoms with van der Waals surface area (Å²) in [5.41, 5.74) is 0.410. The first-order valence-electron chi connectivity index (χ1n) is 6.66. The molecule has 0 aliphatic carbocycles. The molecule has 0 unspecified atom stereocenters. The van der Waals surface area contributed by atoms with Gasteiger partial charge in [-0.05, 0) is 37.1 Å². The Labute approximate surface area is 123 Å². The monoisotopic (exact) mass is 300 g/mol. The van der Waals surface area contributed by atoms with Crippen LogP contribution < -0.4 is 0 Å². The van der Waals surface area contributed by atoms with E-state index in [-0.39, 0.29) is 11.4 Å². The van der Waals surface area contributed by atoms with Crippen LogP contribution in [0.5, 0.6) is 0 Å². The average Bonchev–Trinajstić information content (AvgIpc) is 2.44. The molecular weight excluding hydrogens is 280 g/mol. The summed E-state index contributed by atoms with van der Waals surface area (Å²) in [7, 11) is 0. The Balaban J connectivity index is 0.000000354. The highest BCUT2D eigenvalue weighted by Crippen LogP contribution is 2.31. The van der Waals surface area contributed by atoms with Crippen molar-refractivity contribution in [3.63, 3.8) is 0 Å². The summed E-state index contributed by atoms with van der Waals surface area (Å²) in [4.78, 5) is 0. The van der Waals surface area contributed by atoms with E-state index in [4.69, 9.17) is 0 Å². The molecule has 0 heterocycles. The van der Waals surface area contributed by atoms with Gasteiger partial charge in [0.25, 0.3) is 0 Å². The zero-order valence-corrected chi connectivity index (χ0v) is 12.6. The number of aryl methyl sites for hydroxylation is 2. The largest absolute Gasteiger partial charge is 0.416 e. The molecule has 0 aliphatic heterocycles. The molecule has 0 bridgehead atoms. The molecular formula is C17H20F4. The van der Waals surface area contributed by atoms with Crippen molar-refractivity contribution in [1.29, 1.82) is 0 Å². The molecule has 0 nitrogen and oxygen atoms in total. The predicted molar refractivity (Wildman–Crippen MR) is 78.7 cm³/mol. The second-order valence-corrected chi connectivity index (χ2v) is 4.06. The van der Waals surface area contributed by atoms with Crippen LogP contribution in [0.25, 0.3) is 0 Å². The lowest BCUT2D eigenvalue weighted by atomic mass is 10.1. The summed E-state index contributed by atoms with van der Waals surface area (Å²) in [6, 6.07) is 12.2. The van der Waals surface area contributed by atoms with Gasteiger partial charge in [-0.2, -0.15) is 13.2 Å². The summed E-state index contributed by atoms with van der Waals surface area (Å²) < 4.78 is 48.5. The van der Waals surface area contributed by atoms with Crippen molar-refractivity contribution in [2.24, 2.45) is 0 Å². The second kappa shape index (κ2) is 9.16. The molecule has 0 radical (unpaired) electrons. The third-order valence-electron chi connectivity index (χ3n) is 2.53. The maximum atomic E-state index is 12.3. The summed E-state index contributed by atoms with van der Waals surface area (Å²) in [6.07, 6.45) is -4.22. The molecule has 0 aliphatic rings. The van der Waals surface area contributed by atoms with Gasteiger partial charge < -0.3 is 0 Å². The van der Waals surface area contributed by atoms with E-state index in [1.165, 1.54) is 25.1 Å². The lowest BCUT2D eigenvalue weighted by molar-refractivity contribution is -0.138. The first kappa shape index (κ1) is 19.2. The van der Waals surface area contributed by atoms with Crippen LogP contribution in [0.4, 0.5) is 17.6 Å². The van der Waals surface area contributed by atoms with Gasteiger partial charge in [-0.25, -0.2) is 4.39 Å². The van der Waals surface area contributed by atoms with Crippen LogP contribution in [0.1, 0.15) is 30.5 Å². The van der Waals surface area contributed by atoms with Gasteiger partial charge >= 0.3 is 6.18 Å². The maximum Gasteiger partial charge on any atom is 0.416 e. The third-order valence-corrected chi connectivity index (χ3v) is 2.53. The van der Waals surface area contributed by atoms with Gasteiger partial charge in [0, 0.05) is 0 Å². The molecule has 116 valence electrons. The molecule has 0 atom stereocenters. The van der Waals surface area contributed by atoms with Gasteiger partial charge in [-0.3, -0.25) is 0 Å². The van der Waals surface area contributed by atoms with Crippen LogP contribution in [0, 0.1) is 19.7 Å². The van der Waals surface area contributed by atoms with Gasteiger partial charge in [-0.1, -0.05) is 50.2 Å². The first-order valence-corrected chi connectivity index (χ1v) is 6.66. The van der Waals surface area contributed by atoms with Crippen LogP contribution in [0.2, 0.25) is 0 Å². The molecule has 0 aromatic heterocycles. The molecule has 0 N–H and O–H groups in total. The standard InChI is InChI=1S/C8H7F3.C7H7F.C2H6/c1-6-4-2-3-5-7(6)8(9,10)11;1-6-4-2-3-5-7(6)8;1-2/h2-5H,1H3;2-5H,1H3;1-2H3. The molecule has 0 amide bonds. The molecule has 2 rings (SSSR count). The zero-order valence-electron chi connectivity index (χ0n) is 12.6. The fourth-order valence-electron chi connectivity index (χ4n) is 1.44. The van der Waals surface area contributed by atoms with Gasteiger partial charge in [0.15, 0.2) is 0 Å². The van der Waals surface area contributed by atoms with Crippen molar-refractivity contribution >= 4 is 0 Å². The lowest BCUT2D eigenvalue weighted by Crippen LogP contribution is -2.06. The van der Waals surface area contributed by atoms with E-state index < -0.39 is 11.7 Å². The minimum atomic E-state index is -4.22. The lowest BCUT2D eigenvalue weighted by Gasteiger charge is -2.08. The first-order chi connectivity index (χ1) is 9.82. The highest BCUT2D eigenvalue weighted by Gasteiger charge is 2.31. The van der Waals surface area contributed by atoms with Gasteiger partial charge in [0.05, 0.1) is 5.56 Å². The van der Waals surface area contributed by atoms with Crippen molar-refractivity contribution in [3.8, 4) is 0 Å². The SMILES string of the molecule is CC.Cc1ccccc1C(F)(F)F.Cc1ccccc1F. The van der Waals surface area contributed by atoms with E-state index in [9.17, 15) is 17.6 Å². The molecule has 21 heavy (non-hydrogen) atoms. The number of rotatable bonds is 0. The number of hydrogen-bond acceptors (Lipinski definition) is 0. The Morgan fingerprint density at radius 2 is 1.14 bits per heavy atom. The Bertz CT molecular complexity index is 509. The summed E-state index contributed by atoms with van der Waals surface area (Å²) >= 11 is 0. The number of alkyl halides is 3. The fourth-order valence-corrected chi connectivity index (χ4v) is 1.44. The van der Waals surface area contributed by atoms with E-state index >= 15 is 0 Å². The van der Waals surface area contributed by atoms with Crippen molar-refractivity contribution in [3.05, 3.63) is 71.0 Å². The zero-order chi connectivity index (χ0) is 16.5. The number of halogens is 4. The van der Waals surface area contributed by atoms with Gasteiger partial charge in [-0.15, -0.1) is 0 Å². The molecule has 0 saturated carbocycles. The van der Waals surface area contributed by atoms with Crippen LogP contribution >= 0.6 is 0 Å². The minimum absolute atomic E-state index is 0.132. The van der Waals surface area contributed by atoms with Gasteiger partial charge in [0.2, 0.25) is 0 Å². The van der Waals surface area contributed by atoms with E-state index in [0.29, 0.717) is 5.56 Å². The Kier molecular flexibility index (Phi) is 8.36.